The second kappa shape index (κ2) is 5.16. The number of carbonyl (C=O) groups excluding carboxylic acids is 3. The summed E-state index contributed by atoms with van der Waals surface area (Å²) < 4.78 is 0. The van der Waals surface area contributed by atoms with Gasteiger partial charge in [0.15, 0.2) is 0 Å². The number of hydrogen-bond acceptors (Lipinski definition) is 4. The molecule has 3 amide bonds. The molecule has 0 aliphatic carbocycles. The maximum atomic E-state index is 12.7. The van der Waals surface area contributed by atoms with Crippen LogP contribution < -0.4 is 5.32 Å². The van der Waals surface area contributed by atoms with E-state index in [9.17, 15) is 14.4 Å². The third kappa shape index (κ3) is 2.34. The summed E-state index contributed by atoms with van der Waals surface area (Å²) in [5.41, 5.74) is 2.87. The second-order valence-corrected chi connectivity index (χ2v) is 6.73. The third-order valence-electron chi connectivity index (χ3n) is 5.09. The van der Waals surface area contributed by atoms with Gasteiger partial charge < -0.3 is 9.80 Å². The van der Waals surface area contributed by atoms with E-state index in [-0.39, 0.29) is 24.1 Å². The Bertz CT molecular complexity index is 709. The number of nitrogens with one attached hydrogen (secondary N) is 1. The average Bonchev–Trinajstić information content (AvgIpc) is 2.81. The van der Waals surface area contributed by atoms with E-state index in [1.165, 1.54) is 5.56 Å². The van der Waals surface area contributed by atoms with Crippen LogP contribution in [0.3, 0.4) is 0 Å². The highest BCUT2D eigenvalue weighted by Crippen LogP contribution is 2.32. The first kappa shape index (κ1) is 14.4. The van der Waals surface area contributed by atoms with Crippen molar-refractivity contribution < 1.29 is 14.4 Å². The molecule has 1 atom stereocenters. The summed E-state index contributed by atoms with van der Waals surface area (Å²) in [6.45, 7) is 2.49. The predicted octanol–water partition coefficient (Wildman–Crippen LogP) is 0.477. The van der Waals surface area contributed by atoms with Crippen molar-refractivity contribution in [3.8, 4) is 0 Å². The summed E-state index contributed by atoms with van der Waals surface area (Å²) in [5.74, 6) is -0.221. The van der Waals surface area contributed by atoms with E-state index in [4.69, 9.17) is 0 Å². The zero-order valence-corrected chi connectivity index (χ0v) is 13.0. The molecule has 0 bridgehead atoms. The zero-order valence-electron chi connectivity index (χ0n) is 13.0. The minimum absolute atomic E-state index is 0.0935. The minimum Gasteiger partial charge on any atom is -0.322 e. The van der Waals surface area contributed by atoms with Crippen molar-refractivity contribution in [3.63, 3.8) is 0 Å². The third-order valence-corrected chi connectivity index (χ3v) is 5.09. The Morgan fingerprint density at radius 3 is 2.65 bits per heavy atom. The van der Waals surface area contributed by atoms with Crippen LogP contribution in [0.15, 0.2) is 18.2 Å². The molecule has 4 rings (SSSR count). The van der Waals surface area contributed by atoms with E-state index >= 15 is 0 Å². The molecule has 1 aromatic rings. The van der Waals surface area contributed by atoms with E-state index in [2.05, 4.69) is 23.3 Å². The summed E-state index contributed by atoms with van der Waals surface area (Å²) in [5, 5.41) is 2.33. The molecular formula is C17H19N3O3. The van der Waals surface area contributed by atoms with E-state index in [0.717, 1.165) is 18.7 Å². The molecule has 0 radical (unpaired) electrons. The summed E-state index contributed by atoms with van der Waals surface area (Å²) in [6.07, 6.45) is 0.695. The number of amides is 3. The molecule has 6 heteroatoms. The lowest BCUT2D eigenvalue weighted by Crippen LogP contribution is -2.52. The molecule has 1 N–H and O–H groups in total. The largest absolute Gasteiger partial charge is 0.322 e. The molecular weight excluding hydrogens is 294 g/mol. The monoisotopic (exact) mass is 313 g/mol. The van der Waals surface area contributed by atoms with Crippen LogP contribution in [0.5, 0.6) is 0 Å². The van der Waals surface area contributed by atoms with E-state index in [0.29, 0.717) is 24.4 Å². The second-order valence-electron chi connectivity index (χ2n) is 6.73. The van der Waals surface area contributed by atoms with Crippen LogP contribution >= 0.6 is 0 Å². The highest BCUT2D eigenvalue weighted by atomic mass is 16.2. The van der Waals surface area contributed by atoms with Gasteiger partial charge >= 0.3 is 0 Å². The Balaban J connectivity index is 1.56. The Morgan fingerprint density at radius 2 is 1.96 bits per heavy atom. The van der Waals surface area contributed by atoms with Crippen molar-refractivity contribution in [1.82, 2.24) is 15.1 Å². The molecule has 2 saturated heterocycles. The lowest BCUT2D eigenvalue weighted by molar-refractivity contribution is -0.136. The van der Waals surface area contributed by atoms with Gasteiger partial charge in [0.2, 0.25) is 11.8 Å². The van der Waals surface area contributed by atoms with Crippen molar-refractivity contribution in [2.45, 2.75) is 31.3 Å². The fourth-order valence-electron chi connectivity index (χ4n) is 3.74. The molecule has 1 aromatic carbocycles. The molecule has 1 unspecified atom stereocenters. The number of imide groups is 1. The number of hydrogen-bond donors (Lipinski definition) is 1. The summed E-state index contributed by atoms with van der Waals surface area (Å²) in [4.78, 5) is 39.9. The van der Waals surface area contributed by atoms with Crippen LogP contribution in [0.25, 0.3) is 0 Å². The fraction of sp³-hybridized carbons (Fsp3) is 0.471. The summed E-state index contributed by atoms with van der Waals surface area (Å²) in [7, 11) is 2.08. The molecule has 0 spiro atoms. The fourth-order valence-corrected chi connectivity index (χ4v) is 3.74. The maximum Gasteiger partial charge on any atom is 0.255 e. The first-order valence-electron chi connectivity index (χ1n) is 7.99. The zero-order chi connectivity index (χ0) is 16.1. The Kier molecular flexibility index (Phi) is 3.23. The maximum absolute atomic E-state index is 12.7. The SMILES string of the molecule is CN1CC(c2ccc3c(c2)C(=O)N(C2CCC(=O)NC2=O)C3)C1. The molecule has 6 nitrogen and oxygen atoms in total. The van der Waals surface area contributed by atoms with Gasteiger partial charge in [-0.3, -0.25) is 19.7 Å². The van der Waals surface area contributed by atoms with Gasteiger partial charge in [0.05, 0.1) is 0 Å². The number of rotatable bonds is 2. The highest BCUT2D eigenvalue weighted by Gasteiger charge is 2.39. The normalized spacial score (nSPS) is 25.3. The predicted molar refractivity (Wildman–Crippen MR) is 82.7 cm³/mol. The van der Waals surface area contributed by atoms with E-state index in [1.807, 2.05) is 12.1 Å². The van der Waals surface area contributed by atoms with Crippen molar-refractivity contribution in [2.24, 2.45) is 0 Å². The van der Waals surface area contributed by atoms with Gasteiger partial charge in [0.1, 0.15) is 6.04 Å². The van der Waals surface area contributed by atoms with Crippen LogP contribution in [-0.4, -0.2) is 53.7 Å². The van der Waals surface area contributed by atoms with Crippen molar-refractivity contribution >= 4 is 17.7 Å². The minimum atomic E-state index is -0.536. The molecule has 3 aliphatic rings. The summed E-state index contributed by atoms with van der Waals surface area (Å²) >= 11 is 0. The number of fused-ring (bicyclic) bond motifs is 1. The van der Waals surface area contributed by atoms with Gasteiger partial charge in [-0.15, -0.1) is 0 Å². The molecule has 0 saturated carbocycles. The highest BCUT2D eigenvalue weighted by molar-refractivity contribution is 6.05. The van der Waals surface area contributed by atoms with Gasteiger partial charge in [-0.25, -0.2) is 0 Å². The van der Waals surface area contributed by atoms with Gasteiger partial charge in [-0.05, 0) is 30.7 Å². The van der Waals surface area contributed by atoms with Gasteiger partial charge in [-0.2, -0.15) is 0 Å². The molecule has 3 aliphatic heterocycles. The number of piperidine rings is 1. The van der Waals surface area contributed by atoms with Crippen LogP contribution in [0, 0.1) is 0 Å². The standard InChI is InChI=1S/C17H19N3O3/c1-19-7-12(8-19)10-2-3-11-9-20(17(23)13(11)6-10)14-4-5-15(21)18-16(14)22/h2-3,6,12,14H,4-5,7-9H2,1H3,(H,18,21,22). The number of benzene rings is 1. The lowest BCUT2D eigenvalue weighted by Gasteiger charge is -2.36. The van der Waals surface area contributed by atoms with Crippen molar-refractivity contribution in [1.29, 1.82) is 0 Å². The number of nitrogens with zero attached hydrogens (tertiary/aromatic N) is 2. The van der Waals surface area contributed by atoms with Crippen LogP contribution in [0.1, 0.15) is 40.2 Å². The molecule has 2 fully saturated rings. The van der Waals surface area contributed by atoms with E-state index < -0.39 is 6.04 Å². The topological polar surface area (TPSA) is 69.7 Å². The quantitative estimate of drug-likeness (QED) is 0.806. The first-order chi connectivity index (χ1) is 11.0. The molecule has 23 heavy (non-hydrogen) atoms. The smallest absolute Gasteiger partial charge is 0.255 e. The van der Waals surface area contributed by atoms with Crippen molar-refractivity contribution in [3.05, 3.63) is 34.9 Å². The van der Waals surface area contributed by atoms with E-state index in [1.54, 1.807) is 4.90 Å². The number of likely N-dealkylation sites (tertiary alicyclic amines) is 1. The lowest BCUT2D eigenvalue weighted by atomic mass is 9.90. The number of carbonyl (C=O) groups is 3. The number of likely N-dealkylation sites (N-methyl/N-ethyl adjacent to an activating group) is 1. The average molecular weight is 313 g/mol. The van der Waals surface area contributed by atoms with Gasteiger partial charge in [-0.1, -0.05) is 12.1 Å². The Hall–Kier alpha value is -2.21. The molecule has 0 aromatic heterocycles. The van der Waals surface area contributed by atoms with Gasteiger partial charge in [0, 0.05) is 37.5 Å². The summed E-state index contributed by atoms with van der Waals surface area (Å²) in [6, 6.07) is 5.55. The Morgan fingerprint density at radius 1 is 1.17 bits per heavy atom. The van der Waals surface area contributed by atoms with Crippen LogP contribution in [0.2, 0.25) is 0 Å². The first-order valence-corrected chi connectivity index (χ1v) is 7.99. The van der Waals surface area contributed by atoms with Crippen LogP contribution in [0.4, 0.5) is 0 Å². The van der Waals surface area contributed by atoms with Crippen molar-refractivity contribution in [2.75, 3.05) is 20.1 Å². The van der Waals surface area contributed by atoms with Gasteiger partial charge in [0.25, 0.3) is 5.91 Å². The molecule has 3 heterocycles. The Labute approximate surface area is 134 Å². The molecule has 120 valence electrons. The van der Waals surface area contributed by atoms with Crippen LogP contribution in [-0.2, 0) is 16.1 Å².